The third-order valence-corrected chi connectivity index (χ3v) is 5.90. The van der Waals surface area contributed by atoms with E-state index >= 15 is 0 Å². The highest BCUT2D eigenvalue weighted by molar-refractivity contribution is 5.97. The van der Waals surface area contributed by atoms with Crippen LogP contribution in [0, 0.1) is 0 Å². The second kappa shape index (κ2) is 10.4. The van der Waals surface area contributed by atoms with Gasteiger partial charge in [-0.05, 0) is 24.3 Å². The molecule has 1 heterocycles. The van der Waals surface area contributed by atoms with E-state index in [1.165, 1.54) is 17.4 Å². The number of para-hydroxylation sites is 1. The van der Waals surface area contributed by atoms with Crippen LogP contribution in [0.25, 0.3) is 0 Å². The fourth-order valence-corrected chi connectivity index (χ4v) is 4.04. The van der Waals surface area contributed by atoms with E-state index < -0.39 is 5.97 Å². The third-order valence-electron chi connectivity index (χ3n) is 5.90. The molecule has 3 N–H and O–H groups in total. The van der Waals surface area contributed by atoms with Gasteiger partial charge in [0.25, 0.3) is 5.91 Å². The first-order valence-corrected chi connectivity index (χ1v) is 10.8. The van der Waals surface area contributed by atoms with Crippen molar-refractivity contribution in [3.8, 4) is 5.75 Å². The maximum atomic E-state index is 12.9. The van der Waals surface area contributed by atoms with Gasteiger partial charge in [-0.1, -0.05) is 24.3 Å². The van der Waals surface area contributed by atoms with Crippen LogP contribution in [0.15, 0.2) is 48.5 Å². The minimum absolute atomic E-state index is 0.161. The molecule has 1 fully saturated rings. The summed E-state index contributed by atoms with van der Waals surface area (Å²) in [7, 11) is 6.29. The number of benzene rings is 2. The van der Waals surface area contributed by atoms with Crippen molar-refractivity contribution in [3.05, 3.63) is 59.7 Å². The van der Waals surface area contributed by atoms with E-state index in [0.29, 0.717) is 12.1 Å². The van der Waals surface area contributed by atoms with Crippen LogP contribution in [0.5, 0.6) is 5.75 Å². The molecular weight excluding hydrogens is 392 g/mol. The zero-order chi connectivity index (χ0) is 22.4. The van der Waals surface area contributed by atoms with Crippen LogP contribution in [0.2, 0.25) is 0 Å². The van der Waals surface area contributed by atoms with Crippen molar-refractivity contribution in [2.45, 2.75) is 13.0 Å². The average Bonchev–Trinajstić information content (AvgIpc) is 2.75. The number of hydrogen-bond acceptors (Lipinski definition) is 4. The number of amides is 1. The molecule has 0 aromatic heterocycles. The molecule has 7 heteroatoms. The van der Waals surface area contributed by atoms with Crippen LogP contribution in [0.4, 0.5) is 5.69 Å². The second-order valence-electron chi connectivity index (χ2n) is 8.45. The minimum Gasteiger partial charge on any atom is -0.426 e. The summed E-state index contributed by atoms with van der Waals surface area (Å²) < 4.78 is 5.21. The number of hydrogen-bond donors (Lipinski definition) is 3. The third kappa shape index (κ3) is 6.06. The van der Waals surface area contributed by atoms with Crippen LogP contribution in [-0.2, 0) is 4.79 Å². The molecule has 1 aliphatic heterocycles. The van der Waals surface area contributed by atoms with Crippen molar-refractivity contribution < 1.29 is 24.1 Å². The lowest BCUT2D eigenvalue weighted by molar-refractivity contribution is -1.02. The Morgan fingerprint density at radius 2 is 1.68 bits per heavy atom. The standard InChI is InChI=1S/C24H32N4O3/c1-18(29)31-23-8-6-5-7-21(23)24(30)25-17-22(28-15-13-27(4)14-16-28)19-9-11-20(12-10-19)26(2)3/h5-12,22H,13-17H2,1-4H3,(H,25,30)/p+2/t22-/m0/s1. The fourth-order valence-electron chi connectivity index (χ4n) is 4.04. The van der Waals surface area contributed by atoms with E-state index in [-0.39, 0.29) is 17.7 Å². The smallest absolute Gasteiger partial charge is 0.308 e. The van der Waals surface area contributed by atoms with Gasteiger partial charge in [0.15, 0.2) is 0 Å². The number of quaternary nitrogens is 2. The van der Waals surface area contributed by atoms with E-state index in [1.807, 2.05) is 14.1 Å². The van der Waals surface area contributed by atoms with Crippen molar-refractivity contribution in [1.29, 1.82) is 0 Å². The number of nitrogens with zero attached hydrogens (tertiary/aromatic N) is 1. The first-order valence-electron chi connectivity index (χ1n) is 10.8. The molecule has 31 heavy (non-hydrogen) atoms. The second-order valence-corrected chi connectivity index (χ2v) is 8.45. The van der Waals surface area contributed by atoms with Gasteiger partial charge in [0.05, 0.1) is 19.2 Å². The van der Waals surface area contributed by atoms with Crippen molar-refractivity contribution in [2.75, 3.05) is 58.8 Å². The zero-order valence-corrected chi connectivity index (χ0v) is 18.9. The predicted octanol–water partition coefficient (Wildman–Crippen LogP) is -0.438. The lowest BCUT2D eigenvalue weighted by atomic mass is 10.0. The van der Waals surface area contributed by atoms with Crippen LogP contribution in [0.3, 0.4) is 0 Å². The summed E-state index contributed by atoms with van der Waals surface area (Å²) in [5.41, 5.74) is 2.74. The van der Waals surface area contributed by atoms with Crippen molar-refractivity contribution in [1.82, 2.24) is 5.32 Å². The summed E-state index contributed by atoms with van der Waals surface area (Å²) in [6, 6.07) is 15.6. The molecule has 0 bridgehead atoms. The topological polar surface area (TPSA) is 67.5 Å². The molecule has 2 aromatic rings. The van der Waals surface area contributed by atoms with Crippen molar-refractivity contribution in [2.24, 2.45) is 0 Å². The first-order chi connectivity index (χ1) is 14.8. The number of carbonyl (C=O) groups is 2. The number of anilines is 1. The van der Waals surface area contributed by atoms with Crippen LogP contribution in [0.1, 0.15) is 28.9 Å². The Morgan fingerprint density at radius 1 is 1.03 bits per heavy atom. The van der Waals surface area contributed by atoms with E-state index in [0.717, 1.165) is 31.9 Å². The van der Waals surface area contributed by atoms with E-state index in [9.17, 15) is 9.59 Å². The summed E-state index contributed by atoms with van der Waals surface area (Å²) in [4.78, 5) is 29.4. The van der Waals surface area contributed by atoms with E-state index in [4.69, 9.17) is 4.74 Å². The van der Waals surface area contributed by atoms with Gasteiger partial charge in [0, 0.05) is 32.3 Å². The number of ether oxygens (including phenoxy) is 1. The van der Waals surface area contributed by atoms with Gasteiger partial charge in [-0.25, -0.2) is 0 Å². The molecule has 1 saturated heterocycles. The Kier molecular flexibility index (Phi) is 7.65. The van der Waals surface area contributed by atoms with Gasteiger partial charge in [-0.3, -0.25) is 9.59 Å². The molecule has 7 nitrogen and oxygen atoms in total. The lowest BCUT2D eigenvalue weighted by Crippen LogP contribution is -3.27. The highest BCUT2D eigenvalue weighted by Crippen LogP contribution is 2.19. The highest BCUT2D eigenvalue weighted by Gasteiger charge is 2.30. The van der Waals surface area contributed by atoms with Gasteiger partial charge >= 0.3 is 5.97 Å². The molecule has 2 aromatic carbocycles. The number of rotatable bonds is 7. The fraction of sp³-hybridized carbons (Fsp3) is 0.417. The molecule has 1 atom stereocenters. The zero-order valence-electron chi connectivity index (χ0n) is 18.9. The maximum Gasteiger partial charge on any atom is 0.308 e. The summed E-state index contributed by atoms with van der Waals surface area (Å²) >= 11 is 0. The largest absolute Gasteiger partial charge is 0.426 e. The number of likely N-dealkylation sites (N-methyl/N-ethyl adjacent to an activating group) is 1. The Bertz CT molecular complexity index is 890. The quantitative estimate of drug-likeness (QED) is 0.415. The van der Waals surface area contributed by atoms with Crippen LogP contribution < -0.4 is 24.8 Å². The number of nitrogens with one attached hydrogen (secondary N) is 3. The monoisotopic (exact) mass is 426 g/mol. The van der Waals surface area contributed by atoms with Crippen molar-refractivity contribution in [3.63, 3.8) is 0 Å². The van der Waals surface area contributed by atoms with Gasteiger partial charge in [-0.15, -0.1) is 0 Å². The summed E-state index contributed by atoms with van der Waals surface area (Å²) in [5, 5.41) is 3.09. The Labute approximate surface area is 184 Å². The number of piperazine rings is 1. The molecule has 0 radical (unpaired) electrons. The Morgan fingerprint density at radius 3 is 2.29 bits per heavy atom. The average molecular weight is 427 g/mol. The number of carbonyl (C=O) groups excluding carboxylic acids is 2. The molecule has 0 saturated carbocycles. The molecule has 166 valence electrons. The Balaban J connectivity index is 1.77. The molecule has 3 rings (SSSR count). The van der Waals surface area contributed by atoms with Gasteiger partial charge in [0.1, 0.15) is 38.0 Å². The summed E-state index contributed by atoms with van der Waals surface area (Å²) in [5.74, 6) is -0.385. The predicted molar refractivity (Wildman–Crippen MR) is 121 cm³/mol. The normalized spacial score (nSPS) is 19.4. The van der Waals surface area contributed by atoms with Crippen LogP contribution in [-0.4, -0.2) is 65.7 Å². The molecule has 0 unspecified atom stereocenters. The molecule has 1 amide bonds. The highest BCUT2D eigenvalue weighted by atomic mass is 16.5. The van der Waals surface area contributed by atoms with Gasteiger partial charge < -0.3 is 24.8 Å². The van der Waals surface area contributed by atoms with Gasteiger partial charge in [0.2, 0.25) is 0 Å². The number of esters is 1. The maximum absolute atomic E-state index is 12.9. The van der Waals surface area contributed by atoms with E-state index in [2.05, 4.69) is 41.5 Å². The van der Waals surface area contributed by atoms with Gasteiger partial charge in [-0.2, -0.15) is 0 Å². The molecular formula is C24H34N4O3+2. The molecule has 0 spiro atoms. The summed E-state index contributed by atoms with van der Waals surface area (Å²) in [6.07, 6.45) is 0. The molecule has 1 aliphatic rings. The van der Waals surface area contributed by atoms with Crippen LogP contribution >= 0.6 is 0 Å². The summed E-state index contributed by atoms with van der Waals surface area (Å²) in [6.45, 7) is 6.21. The molecule has 0 aliphatic carbocycles. The van der Waals surface area contributed by atoms with E-state index in [1.54, 1.807) is 29.2 Å². The Hall–Kier alpha value is -2.90. The minimum atomic E-state index is -0.441. The van der Waals surface area contributed by atoms with Crippen molar-refractivity contribution >= 4 is 17.6 Å². The first kappa shape index (κ1) is 22.8. The lowest BCUT2D eigenvalue weighted by Gasteiger charge is -2.33. The SMILES string of the molecule is CC(=O)Oc1ccccc1C(=O)NC[C@@H](c1ccc(N(C)C)cc1)[NH+]1CC[NH+](C)CC1.